The van der Waals surface area contributed by atoms with Crippen molar-refractivity contribution in [2.45, 2.75) is 32.0 Å². The number of hydrogen-bond donors (Lipinski definition) is 2. The van der Waals surface area contributed by atoms with Crippen LogP contribution in [0.1, 0.15) is 20.3 Å². The van der Waals surface area contributed by atoms with E-state index in [1.54, 1.807) is 0 Å². The van der Waals surface area contributed by atoms with Gasteiger partial charge in [-0.1, -0.05) is 0 Å². The minimum atomic E-state index is -3.36. The lowest BCUT2D eigenvalue weighted by atomic mass is 10.0. The molecule has 0 aromatic rings. The van der Waals surface area contributed by atoms with E-state index in [1.165, 1.54) is 11.4 Å². The monoisotopic (exact) mass is 280 g/mol. The van der Waals surface area contributed by atoms with Gasteiger partial charge in [-0.25, -0.2) is 12.7 Å². The zero-order valence-corrected chi connectivity index (χ0v) is 12.2. The van der Waals surface area contributed by atoms with Gasteiger partial charge >= 0.3 is 0 Å². The summed E-state index contributed by atoms with van der Waals surface area (Å²) in [5, 5.41) is 13.2. The van der Waals surface area contributed by atoms with Crippen molar-refractivity contribution in [1.29, 1.82) is 0 Å². The molecule has 1 saturated heterocycles. The fraction of sp³-hybridized carbons (Fsp3) is 1.00. The lowest BCUT2D eigenvalue weighted by Crippen LogP contribution is -2.46. The van der Waals surface area contributed by atoms with Gasteiger partial charge in [0.15, 0.2) is 0 Å². The van der Waals surface area contributed by atoms with Gasteiger partial charge in [0, 0.05) is 20.1 Å². The SMILES string of the molecule is CC(C)OCCS(=O)(=O)N(C)CC1(O)CCNC1. The van der Waals surface area contributed by atoms with Crippen molar-refractivity contribution in [3.8, 4) is 0 Å². The van der Waals surface area contributed by atoms with Gasteiger partial charge in [-0.3, -0.25) is 0 Å². The first-order valence-corrected chi connectivity index (χ1v) is 7.85. The Morgan fingerprint density at radius 1 is 1.50 bits per heavy atom. The Hall–Kier alpha value is -0.210. The Bertz CT molecular complexity index is 350. The number of nitrogens with zero attached hydrogens (tertiary/aromatic N) is 1. The smallest absolute Gasteiger partial charge is 0.216 e. The molecule has 1 rings (SSSR count). The van der Waals surface area contributed by atoms with Crippen LogP contribution < -0.4 is 5.32 Å². The second kappa shape index (κ2) is 6.29. The predicted octanol–water partition coefficient (Wildman–Crippen LogP) is -0.603. The van der Waals surface area contributed by atoms with Gasteiger partial charge in [0.05, 0.1) is 24.1 Å². The minimum absolute atomic E-state index is 0.0220. The summed E-state index contributed by atoms with van der Waals surface area (Å²) >= 11 is 0. The molecule has 1 aliphatic rings. The number of nitrogens with one attached hydrogen (secondary N) is 1. The van der Waals surface area contributed by atoms with Gasteiger partial charge in [-0.2, -0.15) is 0 Å². The molecule has 0 spiro atoms. The summed E-state index contributed by atoms with van der Waals surface area (Å²) in [5.41, 5.74) is -0.944. The number of β-amino-alcohol motifs (C(OH)–C–C–N with tert-alkyl or cyclic N) is 1. The number of hydrogen-bond acceptors (Lipinski definition) is 5. The molecule has 1 unspecified atom stereocenters. The molecule has 6 nitrogen and oxygen atoms in total. The van der Waals surface area contributed by atoms with Crippen LogP contribution in [0.2, 0.25) is 0 Å². The summed E-state index contributed by atoms with van der Waals surface area (Å²) in [6, 6.07) is 0. The van der Waals surface area contributed by atoms with Crippen molar-refractivity contribution in [3.05, 3.63) is 0 Å². The van der Waals surface area contributed by atoms with Crippen molar-refractivity contribution >= 4 is 10.0 Å². The summed E-state index contributed by atoms with van der Waals surface area (Å²) < 4.78 is 30.4. The van der Waals surface area contributed by atoms with E-state index in [2.05, 4.69) is 5.32 Å². The molecule has 0 bridgehead atoms. The quantitative estimate of drug-likeness (QED) is 0.651. The highest BCUT2D eigenvalue weighted by Crippen LogP contribution is 2.17. The Labute approximate surface area is 109 Å². The van der Waals surface area contributed by atoms with Crippen molar-refractivity contribution in [2.75, 3.05) is 39.0 Å². The maximum atomic E-state index is 12.0. The highest BCUT2D eigenvalue weighted by atomic mass is 32.2. The van der Waals surface area contributed by atoms with E-state index in [0.717, 1.165) is 6.54 Å². The van der Waals surface area contributed by atoms with Crippen molar-refractivity contribution in [2.24, 2.45) is 0 Å². The molecule has 0 amide bonds. The fourth-order valence-electron chi connectivity index (χ4n) is 1.92. The maximum absolute atomic E-state index is 12.0. The number of sulfonamides is 1. The Morgan fingerprint density at radius 2 is 2.17 bits per heavy atom. The average Bonchev–Trinajstić information content (AvgIpc) is 2.63. The lowest BCUT2D eigenvalue weighted by Gasteiger charge is -2.27. The molecule has 7 heteroatoms. The molecule has 1 aliphatic heterocycles. The summed E-state index contributed by atoms with van der Waals surface area (Å²) in [5.74, 6) is -0.0504. The van der Waals surface area contributed by atoms with Gasteiger partial charge < -0.3 is 15.2 Å². The molecule has 0 radical (unpaired) electrons. The van der Waals surface area contributed by atoms with Crippen LogP contribution in [0, 0.1) is 0 Å². The molecule has 108 valence electrons. The van der Waals surface area contributed by atoms with Gasteiger partial charge in [-0.05, 0) is 26.8 Å². The summed E-state index contributed by atoms with van der Waals surface area (Å²) in [6.45, 7) is 5.20. The van der Waals surface area contributed by atoms with Gasteiger partial charge in [0.1, 0.15) is 0 Å². The second-order valence-corrected chi connectivity index (χ2v) is 7.34. The lowest BCUT2D eigenvalue weighted by molar-refractivity contribution is 0.0457. The zero-order valence-electron chi connectivity index (χ0n) is 11.3. The number of ether oxygens (including phenoxy) is 1. The highest BCUT2D eigenvalue weighted by molar-refractivity contribution is 7.89. The molecule has 0 aromatic carbocycles. The van der Waals surface area contributed by atoms with E-state index in [9.17, 15) is 13.5 Å². The topological polar surface area (TPSA) is 78.9 Å². The van der Waals surface area contributed by atoms with Crippen LogP contribution in [0.5, 0.6) is 0 Å². The van der Waals surface area contributed by atoms with Crippen molar-refractivity contribution in [3.63, 3.8) is 0 Å². The van der Waals surface area contributed by atoms with E-state index in [4.69, 9.17) is 4.74 Å². The van der Waals surface area contributed by atoms with Gasteiger partial charge in [0.25, 0.3) is 0 Å². The predicted molar refractivity (Wildman–Crippen MR) is 69.9 cm³/mol. The molecule has 0 aliphatic carbocycles. The molecule has 0 saturated carbocycles. The van der Waals surface area contributed by atoms with Crippen LogP contribution in [-0.4, -0.2) is 68.6 Å². The van der Waals surface area contributed by atoms with Gasteiger partial charge in [-0.15, -0.1) is 0 Å². The summed E-state index contributed by atoms with van der Waals surface area (Å²) in [7, 11) is -1.86. The standard InChI is InChI=1S/C11H24N2O4S/c1-10(2)17-6-7-18(15,16)13(3)9-11(14)4-5-12-8-11/h10,12,14H,4-9H2,1-3H3. The Morgan fingerprint density at radius 3 is 2.67 bits per heavy atom. The third-order valence-electron chi connectivity index (χ3n) is 3.01. The maximum Gasteiger partial charge on any atom is 0.216 e. The third kappa shape index (κ3) is 4.81. The third-order valence-corrected chi connectivity index (χ3v) is 4.77. The molecule has 1 heterocycles. The molecular formula is C11H24N2O4S. The molecule has 18 heavy (non-hydrogen) atoms. The Balaban J connectivity index is 2.46. The number of aliphatic hydroxyl groups is 1. The molecule has 0 aromatic heterocycles. The normalized spacial score (nSPS) is 25.2. The second-order valence-electron chi connectivity index (χ2n) is 5.14. The van der Waals surface area contributed by atoms with Crippen LogP contribution in [0.25, 0.3) is 0 Å². The van der Waals surface area contributed by atoms with Crippen LogP contribution in [-0.2, 0) is 14.8 Å². The van der Waals surface area contributed by atoms with Gasteiger partial charge in [0.2, 0.25) is 10.0 Å². The van der Waals surface area contributed by atoms with Crippen LogP contribution in [0.4, 0.5) is 0 Å². The highest BCUT2D eigenvalue weighted by Gasteiger charge is 2.35. The van der Waals surface area contributed by atoms with Crippen molar-refractivity contribution < 1.29 is 18.3 Å². The number of likely N-dealkylation sites (N-methyl/N-ethyl adjacent to an activating group) is 1. The van der Waals surface area contributed by atoms with E-state index in [-0.39, 0.29) is 25.0 Å². The minimum Gasteiger partial charge on any atom is -0.387 e. The largest absolute Gasteiger partial charge is 0.387 e. The Kier molecular flexibility index (Phi) is 5.54. The molecular weight excluding hydrogens is 256 g/mol. The summed E-state index contributed by atoms with van der Waals surface area (Å²) in [6.07, 6.45) is 0.601. The van der Waals surface area contributed by atoms with E-state index in [1.807, 2.05) is 13.8 Å². The summed E-state index contributed by atoms with van der Waals surface area (Å²) in [4.78, 5) is 0. The van der Waals surface area contributed by atoms with E-state index in [0.29, 0.717) is 13.0 Å². The van der Waals surface area contributed by atoms with Crippen LogP contribution in [0.3, 0.4) is 0 Å². The first-order chi connectivity index (χ1) is 8.25. The van der Waals surface area contributed by atoms with E-state index >= 15 is 0 Å². The van der Waals surface area contributed by atoms with Crippen LogP contribution in [0.15, 0.2) is 0 Å². The van der Waals surface area contributed by atoms with Crippen LogP contribution >= 0.6 is 0 Å². The first-order valence-electron chi connectivity index (χ1n) is 6.24. The first kappa shape index (κ1) is 15.8. The average molecular weight is 280 g/mol. The zero-order chi connectivity index (χ0) is 13.8. The van der Waals surface area contributed by atoms with E-state index < -0.39 is 15.6 Å². The molecule has 1 fully saturated rings. The van der Waals surface area contributed by atoms with Crippen molar-refractivity contribution in [1.82, 2.24) is 9.62 Å². The number of rotatable bonds is 7. The molecule has 2 N–H and O–H groups in total. The molecule has 1 atom stereocenters. The fourth-order valence-corrected chi connectivity index (χ4v) is 2.98.